The minimum Gasteiger partial charge on any atom is -0.481 e. The van der Waals surface area contributed by atoms with Crippen molar-refractivity contribution in [3.8, 4) is 17.0 Å². The molecule has 3 rings (SSSR count). The van der Waals surface area contributed by atoms with Gasteiger partial charge in [-0.05, 0) is 35.4 Å². The van der Waals surface area contributed by atoms with Crippen molar-refractivity contribution in [3.05, 3.63) is 65.9 Å². The first kappa shape index (κ1) is 14.9. The van der Waals surface area contributed by atoms with Crippen LogP contribution in [0.15, 0.2) is 48.8 Å². The van der Waals surface area contributed by atoms with Crippen molar-refractivity contribution in [3.63, 3.8) is 0 Å². The van der Waals surface area contributed by atoms with Crippen molar-refractivity contribution in [1.82, 2.24) is 15.0 Å². The zero-order chi connectivity index (χ0) is 16.2. The van der Waals surface area contributed by atoms with Gasteiger partial charge in [-0.15, -0.1) is 0 Å². The van der Waals surface area contributed by atoms with Crippen LogP contribution in [-0.4, -0.2) is 22.1 Å². The SMILES string of the molecule is COc1ncc(Cc2ccnc(N)n2)cc1-c1ccc(F)cc1. The lowest BCUT2D eigenvalue weighted by atomic mass is 10.0. The summed E-state index contributed by atoms with van der Waals surface area (Å²) in [5.74, 6) is 0.443. The summed E-state index contributed by atoms with van der Waals surface area (Å²) in [6, 6.07) is 9.97. The molecule has 6 heteroatoms. The second-order valence-corrected chi connectivity index (χ2v) is 4.99. The van der Waals surface area contributed by atoms with Gasteiger partial charge in [0.05, 0.1) is 12.8 Å². The highest BCUT2D eigenvalue weighted by Crippen LogP contribution is 2.29. The molecule has 0 spiro atoms. The van der Waals surface area contributed by atoms with Crippen LogP contribution < -0.4 is 10.5 Å². The maximum atomic E-state index is 13.1. The summed E-state index contributed by atoms with van der Waals surface area (Å²) < 4.78 is 18.4. The molecule has 0 unspecified atom stereocenters. The molecular weight excluding hydrogens is 295 g/mol. The van der Waals surface area contributed by atoms with Crippen LogP contribution in [0.5, 0.6) is 5.88 Å². The van der Waals surface area contributed by atoms with E-state index in [2.05, 4.69) is 15.0 Å². The highest BCUT2D eigenvalue weighted by atomic mass is 19.1. The monoisotopic (exact) mass is 310 g/mol. The molecule has 5 nitrogen and oxygen atoms in total. The van der Waals surface area contributed by atoms with E-state index in [4.69, 9.17) is 10.5 Å². The summed E-state index contributed by atoms with van der Waals surface area (Å²) in [7, 11) is 1.56. The summed E-state index contributed by atoms with van der Waals surface area (Å²) in [4.78, 5) is 12.4. The number of aromatic nitrogens is 3. The summed E-state index contributed by atoms with van der Waals surface area (Å²) in [5, 5.41) is 0. The molecule has 0 saturated carbocycles. The Morgan fingerprint density at radius 2 is 1.91 bits per heavy atom. The number of pyridine rings is 1. The fourth-order valence-corrected chi connectivity index (χ4v) is 2.31. The Morgan fingerprint density at radius 3 is 2.61 bits per heavy atom. The van der Waals surface area contributed by atoms with E-state index in [9.17, 15) is 4.39 Å². The third-order valence-corrected chi connectivity index (χ3v) is 3.37. The Hall–Kier alpha value is -3.02. The first-order valence-corrected chi connectivity index (χ1v) is 7.02. The number of halogens is 1. The van der Waals surface area contributed by atoms with Crippen LogP contribution in [0.4, 0.5) is 10.3 Å². The van der Waals surface area contributed by atoms with E-state index in [0.717, 1.165) is 22.4 Å². The number of hydrogen-bond donors (Lipinski definition) is 1. The highest BCUT2D eigenvalue weighted by Gasteiger charge is 2.10. The fraction of sp³-hybridized carbons (Fsp3) is 0.118. The topological polar surface area (TPSA) is 73.9 Å². The maximum Gasteiger partial charge on any atom is 0.221 e. The van der Waals surface area contributed by atoms with Gasteiger partial charge in [-0.25, -0.2) is 19.3 Å². The molecule has 3 aromatic rings. The molecule has 0 aliphatic rings. The molecule has 0 saturated heterocycles. The zero-order valence-corrected chi connectivity index (χ0v) is 12.5. The van der Waals surface area contributed by atoms with Gasteiger partial charge in [0.15, 0.2) is 0 Å². The van der Waals surface area contributed by atoms with Gasteiger partial charge in [0.1, 0.15) is 5.82 Å². The van der Waals surface area contributed by atoms with Crippen molar-refractivity contribution in [2.45, 2.75) is 6.42 Å². The standard InChI is InChI=1S/C17H15FN4O/c1-23-16-15(12-2-4-13(18)5-3-12)9-11(10-21-16)8-14-6-7-20-17(19)22-14/h2-7,9-10H,8H2,1H3,(H2,19,20,22). The smallest absolute Gasteiger partial charge is 0.221 e. The van der Waals surface area contributed by atoms with Crippen molar-refractivity contribution in [1.29, 1.82) is 0 Å². The third kappa shape index (κ3) is 3.42. The molecule has 2 aromatic heterocycles. The van der Waals surface area contributed by atoms with Crippen LogP contribution >= 0.6 is 0 Å². The van der Waals surface area contributed by atoms with E-state index in [1.54, 1.807) is 37.7 Å². The van der Waals surface area contributed by atoms with Gasteiger partial charge < -0.3 is 10.5 Å². The Labute approximate surface area is 133 Å². The average Bonchev–Trinajstić information content (AvgIpc) is 2.55. The van der Waals surface area contributed by atoms with E-state index < -0.39 is 0 Å². The number of anilines is 1. The molecule has 0 amide bonds. The normalized spacial score (nSPS) is 10.5. The number of methoxy groups -OCH3 is 1. The third-order valence-electron chi connectivity index (χ3n) is 3.37. The van der Waals surface area contributed by atoms with Crippen LogP contribution in [0.2, 0.25) is 0 Å². The van der Waals surface area contributed by atoms with E-state index in [1.807, 2.05) is 6.07 Å². The molecule has 2 heterocycles. The molecule has 0 aliphatic heterocycles. The Morgan fingerprint density at radius 1 is 1.13 bits per heavy atom. The Kier molecular flexibility index (Phi) is 4.14. The van der Waals surface area contributed by atoms with E-state index in [-0.39, 0.29) is 11.8 Å². The van der Waals surface area contributed by atoms with Gasteiger partial charge in [-0.1, -0.05) is 12.1 Å². The van der Waals surface area contributed by atoms with Crippen LogP contribution in [0.1, 0.15) is 11.3 Å². The molecule has 1 aromatic carbocycles. The van der Waals surface area contributed by atoms with Crippen molar-refractivity contribution < 1.29 is 9.13 Å². The lowest BCUT2D eigenvalue weighted by Crippen LogP contribution is -2.00. The molecule has 0 radical (unpaired) electrons. The minimum atomic E-state index is -0.284. The molecule has 0 fully saturated rings. The minimum absolute atomic E-state index is 0.239. The molecule has 23 heavy (non-hydrogen) atoms. The van der Waals surface area contributed by atoms with Crippen LogP contribution in [0.3, 0.4) is 0 Å². The Balaban J connectivity index is 1.97. The predicted molar refractivity (Wildman–Crippen MR) is 85.4 cm³/mol. The number of benzene rings is 1. The van der Waals surface area contributed by atoms with Gasteiger partial charge in [-0.2, -0.15) is 0 Å². The van der Waals surface area contributed by atoms with E-state index in [1.165, 1.54) is 12.1 Å². The summed E-state index contributed by atoms with van der Waals surface area (Å²) in [5.41, 5.74) is 8.98. The predicted octanol–water partition coefficient (Wildman–Crippen LogP) is 2.86. The highest BCUT2D eigenvalue weighted by molar-refractivity contribution is 5.69. The molecule has 0 aliphatic carbocycles. The number of hydrogen-bond acceptors (Lipinski definition) is 5. The Bertz CT molecular complexity index is 821. The van der Waals surface area contributed by atoms with Crippen molar-refractivity contribution in [2.75, 3.05) is 12.8 Å². The summed E-state index contributed by atoms with van der Waals surface area (Å²) in [6.45, 7) is 0. The van der Waals surface area contributed by atoms with Crippen molar-refractivity contribution >= 4 is 5.95 Å². The summed E-state index contributed by atoms with van der Waals surface area (Å²) >= 11 is 0. The van der Waals surface area contributed by atoms with Crippen molar-refractivity contribution in [2.24, 2.45) is 0 Å². The van der Waals surface area contributed by atoms with Crippen LogP contribution in [0, 0.1) is 5.82 Å². The number of nitrogen functional groups attached to an aromatic ring is 1. The molecule has 116 valence electrons. The maximum absolute atomic E-state index is 13.1. The van der Waals surface area contributed by atoms with Crippen LogP contribution in [-0.2, 0) is 6.42 Å². The largest absolute Gasteiger partial charge is 0.481 e. The number of nitrogens with two attached hydrogens (primary N) is 1. The molecular formula is C17H15FN4O. The van der Waals surface area contributed by atoms with E-state index >= 15 is 0 Å². The molecule has 0 atom stereocenters. The zero-order valence-electron chi connectivity index (χ0n) is 12.5. The second-order valence-electron chi connectivity index (χ2n) is 4.99. The first-order valence-electron chi connectivity index (χ1n) is 7.02. The van der Waals surface area contributed by atoms with Crippen LogP contribution in [0.25, 0.3) is 11.1 Å². The first-order chi connectivity index (χ1) is 11.2. The second kappa shape index (κ2) is 6.39. The lowest BCUT2D eigenvalue weighted by molar-refractivity contribution is 0.399. The lowest BCUT2D eigenvalue weighted by Gasteiger charge is -2.10. The number of nitrogens with zero attached hydrogens (tertiary/aromatic N) is 3. The van der Waals surface area contributed by atoms with Gasteiger partial charge in [-0.3, -0.25) is 0 Å². The van der Waals surface area contributed by atoms with Gasteiger partial charge in [0.25, 0.3) is 0 Å². The number of rotatable bonds is 4. The number of ether oxygens (including phenoxy) is 1. The molecule has 2 N–H and O–H groups in total. The summed E-state index contributed by atoms with van der Waals surface area (Å²) in [6.07, 6.45) is 3.91. The van der Waals surface area contributed by atoms with Gasteiger partial charge in [0, 0.05) is 24.4 Å². The van der Waals surface area contributed by atoms with E-state index in [0.29, 0.717) is 12.3 Å². The molecule has 0 bridgehead atoms. The quantitative estimate of drug-likeness (QED) is 0.802. The van der Waals surface area contributed by atoms with Gasteiger partial charge >= 0.3 is 0 Å². The fourth-order valence-electron chi connectivity index (χ4n) is 2.31. The van der Waals surface area contributed by atoms with Gasteiger partial charge in [0.2, 0.25) is 11.8 Å². The average molecular weight is 310 g/mol.